The monoisotopic (exact) mass is 510 g/mol. The Hall–Kier alpha value is -3.37. The lowest BCUT2D eigenvalue weighted by Gasteiger charge is -2.36. The van der Waals surface area contributed by atoms with E-state index in [1.54, 1.807) is 12.1 Å². The van der Waals surface area contributed by atoms with Crippen LogP contribution in [0.15, 0.2) is 48.3 Å². The van der Waals surface area contributed by atoms with Crippen LogP contribution in [0.4, 0.5) is 0 Å². The number of carbonyl (C=O) groups is 1. The van der Waals surface area contributed by atoms with Crippen molar-refractivity contribution in [1.29, 1.82) is 5.26 Å². The molecule has 0 aliphatic carbocycles. The summed E-state index contributed by atoms with van der Waals surface area (Å²) >= 11 is 6.62. The van der Waals surface area contributed by atoms with E-state index in [1.807, 2.05) is 36.2 Å². The number of nitrogens with zero attached hydrogens (tertiary/aromatic N) is 4. The van der Waals surface area contributed by atoms with Crippen LogP contribution in [0, 0.1) is 17.2 Å². The maximum Gasteiger partial charge on any atom is 0.255 e. The molecule has 1 amide bonds. The van der Waals surface area contributed by atoms with Crippen molar-refractivity contribution in [2.24, 2.45) is 5.92 Å². The average Bonchev–Trinajstić information content (AvgIpc) is 3.13. The first-order chi connectivity index (χ1) is 17.2. The van der Waals surface area contributed by atoms with Crippen LogP contribution in [-0.2, 0) is 6.54 Å². The Bertz CT molecular complexity index is 1160. The van der Waals surface area contributed by atoms with Gasteiger partial charge in [0.25, 0.3) is 5.91 Å². The van der Waals surface area contributed by atoms with Gasteiger partial charge in [-0.05, 0) is 43.0 Å². The summed E-state index contributed by atoms with van der Waals surface area (Å²) in [7, 11) is 5.07. The van der Waals surface area contributed by atoms with E-state index in [2.05, 4.69) is 42.8 Å². The minimum absolute atomic E-state index is 0.0909. The largest absolute Gasteiger partial charge is 0.493 e. The number of methoxy groups -OCH3 is 2. The summed E-state index contributed by atoms with van der Waals surface area (Å²) in [5, 5.41) is 9.80. The van der Waals surface area contributed by atoms with E-state index >= 15 is 0 Å². The van der Waals surface area contributed by atoms with Crippen LogP contribution >= 0.6 is 11.6 Å². The van der Waals surface area contributed by atoms with Crippen LogP contribution < -0.4 is 9.47 Å². The van der Waals surface area contributed by atoms with Crippen molar-refractivity contribution in [2.45, 2.75) is 39.9 Å². The molecule has 2 aromatic carbocycles. The first-order valence-corrected chi connectivity index (χ1v) is 12.4. The Labute approximate surface area is 219 Å². The Kier molecular flexibility index (Phi) is 9.11. The molecule has 0 aromatic heterocycles. The SMILES string of the molecule is COc1ccc(C(=O)N(CCC(C)C)CC2N(Cc3ccccc3C#N)C=C(C)N2C)c(Cl)c1OC. The molecule has 3 rings (SSSR count). The van der Waals surface area contributed by atoms with E-state index < -0.39 is 0 Å². The first kappa shape index (κ1) is 27.2. The third kappa shape index (κ3) is 5.88. The summed E-state index contributed by atoms with van der Waals surface area (Å²) in [4.78, 5) is 20.1. The third-order valence-electron chi connectivity index (χ3n) is 6.59. The highest BCUT2D eigenvalue weighted by Gasteiger charge is 2.32. The average molecular weight is 511 g/mol. The number of nitriles is 1. The van der Waals surface area contributed by atoms with Crippen molar-refractivity contribution in [3.05, 3.63) is 70.0 Å². The van der Waals surface area contributed by atoms with Gasteiger partial charge in [0.1, 0.15) is 6.17 Å². The molecule has 8 heteroatoms. The molecule has 36 heavy (non-hydrogen) atoms. The fourth-order valence-electron chi connectivity index (χ4n) is 4.33. The molecule has 0 saturated heterocycles. The maximum absolute atomic E-state index is 13.8. The van der Waals surface area contributed by atoms with Crippen LogP contribution in [0.2, 0.25) is 5.02 Å². The number of hydrogen-bond acceptors (Lipinski definition) is 6. The van der Waals surface area contributed by atoms with Gasteiger partial charge in [-0.15, -0.1) is 0 Å². The van der Waals surface area contributed by atoms with Gasteiger partial charge in [-0.3, -0.25) is 4.79 Å². The zero-order valence-corrected chi connectivity index (χ0v) is 22.7. The normalized spacial score (nSPS) is 15.1. The van der Waals surface area contributed by atoms with Crippen LogP contribution in [0.5, 0.6) is 11.5 Å². The zero-order chi connectivity index (χ0) is 26.4. The fraction of sp³-hybridized carbons (Fsp3) is 0.429. The molecular weight excluding hydrogens is 476 g/mol. The summed E-state index contributed by atoms with van der Waals surface area (Å²) < 4.78 is 10.8. The molecule has 7 nitrogen and oxygen atoms in total. The van der Waals surface area contributed by atoms with Gasteiger partial charge in [-0.25, -0.2) is 0 Å². The van der Waals surface area contributed by atoms with E-state index in [0.717, 1.165) is 17.7 Å². The lowest BCUT2D eigenvalue weighted by atomic mass is 10.1. The lowest BCUT2D eigenvalue weighted by Crippen LogP contribution is -2.48. The molecule has 0 spiro atoms. The van der Waals surface area contributed by atoms with Crippen molar-refractivity contribution >= 4 is 17.5 Å². The molecule has 0 N–H and O–H groups in total. The molecule has 1 aliphatic rings. The highest BCUT2D eigenvalue weighted by Crippen LogP contribution is 2.38. The minimum Gasteiger partial charge on any atom is -0.493 e. The zero-order valence-electron chi connectivity index (χ0n) is 21.9. The molecular formula is C28H35ClN4O3. The Morgan fingerprint density at radius 3 is 2.56 bits per heavy atom. The number of rotatable bonds is 10. The molecule has 1 atom stereocenters. The smallest absolute Gasteiger partial charge is 0.255 e. The molecule has 1 heterocycles. The van der Waals surface area contributed by atoms with Crippen LogP contribution in [-0.4, -0.2) is 61.1 Å². The highest BCUT2D eigenvalue weighted by atomic mass is 35.5. The number of benzene rings is 2. The predicted octanol–water partition coefficient (Wildman–Crippen LogP) is 5.35. The van der Waals surface area contributed by atoms with Crippen LogP contribution in [0.25, 0.3) is 0 Å². The number of halogens is 1. The van der Waals surface area contributed by atoms with Gasteiger partial charge >= 0.3 is 0 Å². The molecule has 0 radical (unpaired) electrons. The molecule has 0 bridgehead atoms. The molecule has 1 aliphatic heterocycles. The summed E-state index contributed by atoms with van der Waals surface area (Å²) in [6, 6.07) is 13.3. The quantitative estimate of drug-likeness (QED) is 0.429. The summed E-state index contributed by atoms with van der Waals surface area (Å²) in [5.74, 6) is 1.10. The van der Waals surface area contributed by atoms with Crippen molar-refractivity contribution in [3.8, 4) is 17.6 Å². The van der Waals surface area contributed by atoms with Gasteiger partial charge in [-0.1, -0.05) is 43.6 Å². The van der Waals surface area contributed by atoms with Crippen molar-refractivity contribution < 1.29 is 14.3 Å². The number of ether oxygens (including phenoxy) is 2. The standard InChI is InChI=1S/C28H35ClN4O3/c1-19(2)13-14-32(28(34)23-11-12-24(35-5)27(36-6)26(23)29)18-25-31(4)20(3)16-33(25)17-22-10-8-7-9-21(22)15-30/h7-12,16,19,25H,13-14,17-18H2,1-6H3. The van der Waals surface area contributed by atoms with Crippen LogP contribution in [0.3, 0.4) is 0 Å². The van der Waals surface area contributed by atoms with Crippen LogP contribution in [0.1, 0.15) is 48.7 Å². The van der Waals surface area contributed by atoms with Gasteiger partial charge in [0, 0.05) is 32.0 Å². The minimum atomic E-state index is -0.156. The molecule has 2 aromatic rings. The van der Waals surface area contributed by atoms with E-state index in [9.17, 15) is 10.1 Å². The second-order valence-corrected chi connectivity index (χ2v) is 9.78. The van der Waals surface area contributed by atoms with Crippen molar-refractivity contribution in [1.82, 2.24) is 14.7 Å². The molecule has 192 valence electrons. The van der Waals surface area contributed by atoms with E-state index in [0.29, 0.717) is 48.2 Å². The van der Waals surface area contributed by atoms with E-state index in [4.69, 9.17) is 21.1 Å². The number of likely N-dealkylation sites (N-methyl/N-ethyl adjacent to an activating group) is 1. The van der Waals surface area contributed by atoms with Gasteiger partial charge in [0.05, 0.1) is 43.0 Å². The number of allylic oxidation sites excluding steroid dienone is 1. The second kappa shape index (κ2) is 12.0. The Morgan fingerprint density at radius 2 is 1.92 bits per heavy atom. The van der Waals surface area contributed by atoms with Gasteiger partial charge in [0.2, 0.25) is 0 Å². The maximum atomic E-state index is 13.8. The fourth-order valence-corrected chi connectivity index (χ4v) is 4.64. The van der Waals surface area contributed by atoms with Gasteiger partial charge in [0.15, 0.2) is 11.5 Å². The van der Waals surface area contributed by atoms with E-state index in [1.165, 1.54) is 14.2 Å². The number of carbonyl (C=O) groups excluding carboxylic acids is 1. The van der Waals surface area contributed by atoms with Crippen molar-refractivity contribution in [2.75, 3.05) is 34.4 Å². The van der Waals surface area contributed by atoms with Gasteiger partial charge < -0.3 is 24.2 Å². The van der Waals surface area contributed by atoms with Crippen molar-refractivity contribution in [3.63, 3.8) is 0 Å². The Morgan fingerprint density at radius 1 is 1.19 bits per heavy atom. The number of hydrogen-bond donors (Lipinski definition) is 0. The molecule has 0 fully saturated rings. The molecule has 0 saturated carbocycles. The summed E-state index contributed by atoms with van der Waals surface area (Å²) in [6.07, 6.45) is 2.86. The topological polar surface area (TPSA) is 69.0 Å². The van der Waals surface area contributed by atoms with E-state index in [-0.39, 0.29) is 17.1 Å². The third-order valence-corrected chi connectivity index (χ3v) is 6.97. The highest BCUT2D eigenvalue weighted by molar-refractivity contribution is 6.35. The lowest BCUT2D eigenvalue weighted by molar-refractivity contribution is 0.0601. The second-order valence-electron chi connectivity index (χ2n) is 9.40. The molecule has 1 unspecified atom stereocenters. The predicted molar refractivity (Wildman–Crippen MR) is 142 cm³/mol. The summed E-state index contributed by atoms with van der Waals surface area (Å²) in [6.45, 7) is 7.96. The first-order valence-electron chi connectivity index (χ1n) is 12.1. The van der Waals surface area contributed by atoms with Gasteiger partial charge in [-0.2, -0.15) is 5.26 Å². The Balaban J connectivity index is 1.92. The summed E-state index contributed by atoms with van der Waals surface area (Å²) in [5.41, 5.74) is 3.08. The number of amides is 1.